The molecular weight excluding hydrogens is 420 g/mol. The van der Waals surface area contributed by atoms with Gasteiger partial charge in [0.25, 0.3) is 0 Å². The molecule has 0 spiro atoms. The van der Waals surface area contributed by atoms with E-state index in [-0.39, 0.29) is 6.61 Å². The molecule has 0 saturated carbocycles. The van der Waals surface area contributed by atoms with Crippen LogP contribution in [0.1, 0.15) is 0 Å². The summed E-state index contributed by atoms with van der Waals surface area (Å²) in [6.07, 6.45) is -6.41. The van der Waals surface area contributed by atoms with Gasteiger partial charge in [-0.2, -0.15) is 0 Å². The number of aliphatic hydroxyl groups excluding tert-OH is 2. The number of hydrogen-bond donors (Lipinski definition) is 5. The fourth-order valence-corrected chi connectivity index (χ4v) is 4.98. The molecule has 0 aromatic rings. The SMILES string of the molecule is B[C@@H]1O[C@H](CO[PH](O)(O)O[C@@H]2C(O)[C@H](B)O[C@@H]2COC)[C@H](OP(C)(=O)O)C1O. The molecule has 0 aliphatic carbocycles. The van der Waals surface area contributed by atoms with Gasteiger partial charge in [-0.25, -0.2) is 0 Å². The predicted molar refractivity (Wildman–Crippen MR) is 102 cm³/mol. The van der Waals surface area contributed by atoms with Crippen LogP contribution in [0.4, 0.5) is 0 Å². The third-order valence-electron chi connectivity index (χ3n) is 4.52. The maximum absolute atomic E-state index is 11.5. The van der Waals surface area contributed by atoms with Gasteiger partial charge >= 0.3 is 164 Å². The van der Waals surface area contributed by atoms with Gasteiger partial charge in [-0.05, 0) is 0 Å². The first-order chi connectivity index (χ1) is 12.8. The van der Waals surface area contributed by atoms with Crippen LogP contribution in [-0.4, -0.2) is 116 Å². The second-order valence-corrected chi connectivity index (χ2v) is 10.4. The Morgan fingerprint density at radius 3 is 2.04 bits per heavy atom. The van der Waals surface area contributed by atoms with E-state index < -0.39 is 71.0 Å². The van der Waals surface area contributed by atoms with Crippen molar-refractivity contribution in [2.24, 2.45) is 0 Å². The third-order valence-corrected chi connectivity index (χ3v) is 6.28. The van der Waals surface area contributed by atoms with Crippen molar-refractivity contribution in [2.45, 2.75) is 48.6 Å². The molecule has 2 aliphatic rings. The molecule has 0 aromatic heterocycles. The average Bonchev–Trinajstić information content (AvgIpc) is 2.97. The zero-order valence-electron chi connectivity index (χ0n) is 16.1. The Kier molecular flexibility index (Phi) is 8.49. The van der Waals surface area contributed by atoms with Gasteiger partial charge in [0.2, 0.25) is 0 Å². The Balaban J connectivity index is 1.98. The van der Waals surface area contributed by atoms with Gasteiger partial charge < -0.3 is 0 Å². The molecule has 2 aliphatic heterocycles. The van der Waals surface area contributed by atoms with Crippen LogP contribution >= 0.6 is 15.8 Å². The van der Waals surface area contributed by atoms with E-state index in [2.05, 4.69) is 0 Å². The van der Waals surface area contributed by atoms with Gasteiger partial charge in [0.15, 0.2) is 0 Å². The van der Waals surface area contributed by atoms with Crippen LogP contribution in [0.15, 0.2) is 0 Å². The van der Waals surface area contributed by atoms with Crippen molar-refractivity contribution in [1.82, 2.24) is 0 Å². The molecule has 2 heterocycles. The van der Waals surface area contributed by atoms with E-state index in [1.54, 1.807) is 7.85 Å². The Labute approximate surface area is 165 Å². The van der Waals surface area contributed by atoms with E-state index in [4.69, 9.17) is 27.8 Å². The number of ether oxygens (including phenoxy) is 3. The van der Waals surface area contributed by atoms with Crippen LogP contribution in [0.5, 0.6) is 0 Å². The van der Waals surface area contributed by atoms with Crippen molar-refractivity contribution in [1.29, 1.82) is 0 Å². The van der Waals surface area contributed by atoms with Gasteiger partial charge in [-0.3, -0.25) is 0 Å². The standard InChI is InChI=1S/C12H28B2O12P2/c1-21-3-5-10(8(16)12(14)23-5)26-28(19,20)22-4-6-9(25-27(2,17)18)7(15)11(13)24-6/h5-12,15-16,19-20,28H,3-4,13-14H2,1-2H3,(H,17,18)/t5-,6-,7?,8?,9+,10+,11-,12-/m1/s1. The average molecular weight is 448 g/mol. The summed E-state index contributed by atoms with van der Waals surface area (Å²) in [6.45, 7) is 0.531. The van der Waals surface area contributed by atoms with Crippen LogP contribution in [0.25, 0.3) is 0 Å². The summed E-state index contributed by atoms with van der Waals surface area (Å²) in [5.74, 6) is 0. The summed E-state index contributed by atoms with van der Waals surface area (Å²) in [6, 6.07) is -1.33. The zero-order valence-corrected chi connectivity index (χ0v) is 18.0. The zero-order chi connectivity index (χ0) is 21.3. The molecule has 0 bridgehead atoms. The van der Waals surface area contributed by atoms with E-state index in [0.29, 0.717) is 0 Å². The van der Waals surface area contributed by atoms with Crippen LogP contribution in [0.2, 0.25) is 0 Å². The van der Waals surface area contributed by atoms with E-state index in [1.165, 1.54) is 15.0 Å². The van der Waals surface area contributed by atoms with Gasteiger partial charge in [0.1, 0.15) is 0 Å². The third kappa shape index (κ3) is 6.42. The fourth-order valence-electron chi connectivity index (χ4n) is 3.18. The van der Waals surface area contributed by atoms with Crippen LogP contribution in [-0.2, 0) is 32.3 Å². The van der Waals surface area contributed by atoms with E-state index >= 15 is 0 Å². The molecule has 2 fully saturated rings. The molecule has 12 nitrogen and oxygen atoms in total. The molecule has 2 rings (SSSR count). The van der Waals surface area contributed by atoms with E-state index in [9.17, 15) is 29.5 Å². The molecule has 0 amide bonds. The quantitative estimate of drug-likeness (QED) is 0.172. The normalized spacial score (nSPS) is 41.8. The monoisotopic (exact) mass is 448 g/mol. The maximum atomic E-state index is 11.5. The number of methoxy groups -OCH3 is 1. The Morgan fingerprint density at radius 2 is 1.54 bits per heavy atom. The molecule has 164 valence electrons. The minimum absolute atomic E-state index is 0.0597. The van der Waals surface area contributed by atoms with E-state index in [0.717, 1.165) is 6.66 Å². The molecule has 16 heteroatoms. The first kappa shape index (κ1) is 24.6. The number of rotatable bonds is 9. The molecule has 2 saturated heterocycles. The Bertz CT molecular complexity index is 565. The summed E-state index contributed by atoms with van der Waals surface area (Å²) in [4.78, 5) is 29.7. The van der Waals surface area contributed by atoms with Crippen molar-refractivity contribution < 1.29 is 57.2 Å². The van der Waals surface area contributed by atoms with E-state index in [1.807, 2.05) is 0 Å². The molecule has 9 atom stereocenters. The summed E-state index contributed by atoms with van der Waals surface area (Å²) >= 11 is 0. The van der Waals surface area contributed by atoms with Crippen molar-refractivity contribution in [3.8, 4) is 0 Å². The molecule has 28 heavy (non-hydrogen) atoms. The second kappa shape index (κ2) is 9.65. The minimum atomic E-state index is -4.75. The molecule has 3 unspecified atom stereocenters. The Morgan fingerprint density at radius 1 is 1.04 bits per heavy atom. The predicted octanol–water partition coefficient (Wildman–Crippen LogP) is -3.93. The summed E-state index contributed by atoms with van der Waals surface area (Å²) in [7, 11) is -4.14. The Hall–Kier alpha value is 0.350. The fraction of sp³-hybridized carbons (Fsp3) is 1.00. The number of aliphatic hydroxyl groups is 2. The molecule has 0 aromatic carbocycles. The van der Waals surface area contributed by atoms with Gasteiger partial charge in [0, 0.05) is 0 Å². The molecular formula is C12H28B2O12P2. The molecule has 0 radical (unpaired) electrons. The first-order valence-electron chi connectivity index (χ1n) is 8.76. The van der Waals surface area contributed by atoms with Crippen molar-refractivity contribution >= 4 is 31.5 Å². The molecule has 5 N–H and O–H groups in total. The van der Waals surface area contributed by atoms with Crippen LogP contribution in [0.3, 0.4) is 0 Å². The van der Waals surface area contributed by atoms with Crippen molar-refractivity contribution in [3.05, 3.63) is 0 Å². The van der Waals surface area contributed by atoms with Crippen LogP contribution in [0, 0.1) is 0 Å². The van der Waals surface area contributed by atoms with Gasteiger partial charge in [-0.1, -0.05) is 0 Å². The summed E-state index contributed by atoms with van der Waals surface area (Å²) in [5.41, 5.74) is 0. The second-order valence-electron chi connectivity index (χ2n) is 7.01. The summed E-state index contributed by atoms with van der Waals surface area (Å²) < 4.78 is 42.6. The van der Waals surface area contributed by atoms with Gasteiger partial charge in [0.05, 0.1) is 0 Å². The van der Waals surface area contributed by atoms with Crippen molar-refractivity contribution in [2.75, 3.05) is 27.0 Å². The van der Waals surface area contributed by atoms with Crippen LogP contribution < -0.4 is 0 Å². The topological polar surface area (TPSA) is 174 Å². The van der Waals surface area contributed by atoms with Crippen molar-refractivity contribution in [3.63, 3.8) is 0 Å². The summed E-state index contributed by atoms with van der Waals surface area (Å²) in [5, 5.41) is 20.2. The first-order valence-corrected chi connectivity index (χ1v) is 12.5. The number of hydrogen-bond acceptors (Lipinski definition) is 11. The van der Waals surface area contributed by atoms with Gasteiger partial charge in [-0.15, -0.1) is 0 Å².